The number of nitrogens with one attached hydrogen (secondary N) is 1. The SMILES string of the molecule is CNS(=O)(=O)Cc1cccc(Cc2c(C)c3ccc(Oc4ncccc4F)cc3oc2=O)c1F. The molecule has 34 heavy (non-hydrogen) atoms. The smallest absolute Gasteiger partial charge is 0.340 e. The van der Waals surface area contributed by atoms with E-state index in [9.17, 15) is 17.6 Å². The Bertz CT molecular complexity index is 1550. The molecule has 0 radical (unpaired) electrons. The largest absolute Gasteiger partial charge is 0.436 e. The molecule has 0 saturated carbocycles. The third kappa shape index (κ3) is 4.82. The van der Waals surface area contributed by atoms with Crippen molar-refractivity contribution in [2.75, 3.05) is 7.05 Å². The minimum atomic E-state index is -3.67. The van der Waals surface area contributed by atoms with Gasteiger partial charge in [0.1, 0.15) is 17.1 Å². The summed E-state index contributed by atoms with van der Waals surface area (Å²) in [6.07, 6.45) is 1.30. The lowest BCUT2D eigenvalue weighted by atomic mass is 9.98. The van der Waals surface area contributed by atoms with E-state index in [0.717, 1.165) is 0 Å². The molecule has 4 aromatic rings. The lowest BCUT2D eigenvalue weighted by molar-refractivity contribution is 0.422. The molecule has 0 unspecified atom stereocenters. The zero-order chi connectivity index (χ0) is 24.5. The fraction of sp³-hybridized carbons (Fsp3) is 0.167. The van der Waals surface area contributed by atoms with E-state index >= 15 is 4.39 Å². The Balaban J connectivity index is 1.68. The Morgan fingerprint density at radius 1 is 1.09 bits per heavy atom. The Labute approximate surface area is 194 Å². The van der Waals surface area contributed by atoms with Crippen molar-refractivity contribution in [2.45, 2.75) is 19.1 Å². The first-order valence-corrected chi connectivity index (χ1v) is 11.9. The van der Waals surface area contributed by atoms with Crippen LogP contribution in [0.1, 0.15) is 22.3 Å². The van der Waals surface area contributed by atoms with Gasteiger partial charge in [-0.2, -0.15) is 0 Å². The predicted octanol–water partition coefficient (Wildman–Crippen LogP) is 4.21. The summed E-state index contributed by atoms with van der Waals surface area (Å²) in [4.78, 5) is 16.6. The molecule has 10 heteroatoms. The molecule has 0 amide bonds. The maximum absolute atomic E-state index is 15.0. The van der Waals surface area contributed by atoms with Gasteiger partial charge in [0.25, 0.3) is 5.88 Å². The average Bonchev–Trinajstić information content (AvgIpc) is 2.80. The molecule has 2 aromatic heterocycles. The quantitative estimate of drug-likeness (QED) is 0.393. The van der Waals surface area contributed by atoms with Crippen molar-refractivity contribution in [3.05, 3.63) is 99.0 Å². The molecule has 176 valence electrons. The lowest BCUT2D eigenvalue weighted by Crippen LogP contribution is -2.21. The van der Waals surface area contributed by atoms with Crippen LogP contribution in [0.15, 0.2) is 63.9 Å². The second-order valence-corrected chi connectivity index (χ2v) is 9.50. The van der Waals surface area contributed by atoms with E-state index in [1.54, 1.807) is 19.1 Å². The van der Waals surface area contributed by atoms with Crippen LogP contribution in [0, 0.1) is 18.6 Å². The first-order chi connectivity index (χ1) is 16.2. The van der Waals surface area contributed by atoms with Gasteiger partial charge in [0.2, 0.25) is 10.0 Å². The van der Waals surface area contributed by atoms with Gasteiger partial charge in [-0.05, 0) is 49.4 Å². The van der Waals surface area contributed by atoms with Crippen LogP contribution in [-0.4, -0.2) is 20.4 Å². The first kappa shape index (κ1) is 23.5. The second-order valence-electron chi connectivity index (χ2n) is 7.57. The lowest BCUT2D eigenvalue weighted by Gasteiger charge is -2.12. The van der Waals surface area contributed by atoms with Gasteiger partial charge in [0.15, 0.2) is 5.82 Å². The number of halogens is 2. The third-order valence-corrected chi connectivity index (χ3v) is 6.69. The predicted molar refractivity (Wildman–Crippen MR) is 122 cm³/mol. The zero-order valence-electron chi connectivity index (χ0n) is 18.3. The van der Waals surface area contributed by atoms with Gasteiger partial charge in [-0.3, -0.25) is 0 Å². The summed E-state index contributed by atoms with van der Waals surface area (Å²) in [5, 5.41) is 0.595. The number of hydrogen-bond donors (Lipinski definition) is 1. The molecule has 0 atom stereocenters. The number of ether oxygens (including phenoxy) is 1. The summed E-state index contributed by atoms with van der Waals surface area (Å²) in [5.41, 5.74) is 0.537. The molecule has 4 rings (SSSR count). The number of fused-ring (bicyclic) bond motifs is 1. The van der Waals surface area contributed by atoms with E-state index in [4.69, 9.17) is 9.15 Å². The van der Waals surface area contributed by atoms with Crippen LogP contribution in [0.5, 0.6) is 11.6 Å². The van der Waals surface area contributed by atoms with Gasteiger partial charge in [-0.15, -0.1) is 0 Å². The minimum absolute atomic E-state index is 0.00164. The maximum Gasteiger partial charge on any atom is 0.340 e. The van der Waals surface area contributed by atoms with Crippen molar-refractivity contribution in [3.8, 4) is 11.6 Å². The van der Waals surface area contributed by atoms with E-state index in [0.29, 0.717) is 10.9 Å². The number of aryl methyl sites for hydroxylation is 1. The molecule has 0 saturated heterocycles. The van der Waals surface area contributed by atoms with Crippen molar-refractivity contribution in [1.82, 2.24) is 9.71 Å². The van der Waals surface area contributed by atoms with Crippen molar-refractivity contribution in [3.63, 3.8) is 0 Å². The van der Waals surface area contributed by atoms with Crippen LogP contribution in [0.3, 0.4) is 0 Å². The van der Waals surface area contributed by atoms with Crippen LogP contribution < -0.4 is 15.1 Å². The highest BCUT2D eigenvalue weighted by Gasteiger charge is 2.19. The van der Waals surface area contributed by atoms with Gasteiger partial charge in [0, 0.05) is 35.2 Å². The van der Waals surface area contributed by atoms with Crippen molar-refractivity contribution in [2.24, 2.45) is 0 Å². The average molecular weight is 486 g/mol. The monoisotopic (exact) mass is 486 g/mol. The van der Waals surface area contributed by atoms with E-state index in [2.05, 4.69) is 9.71 Å². The van der Waals surface area contributed by atoms with Crippen LogP contribution in [-0.2, 0) is 22.2 Å². The molecule has 1 N–H and O–H groups in total. The molecule has 2 aromatic carbocycles. The fourth-order valence-corrected chi connectivity index (χ4v) is 4.33. The first-order valence-electron chi connectivity index (χ1n) is 10.2. The summed E-state index contributed by atoms with van der Waals surface area (Å²) >= 11 is 0. The molecule has 7 nitrogen and oxygen atoms in total. The van der Waals surface area contributed by atoms with Crippen molar-refractivity contribution in [1.29, 1.82) is 0 Å². The molecule has 2 heterocycles. The van der Waals surface area contributed by atoms with Gasteiger partial charge in [-0.1, -0.05) is 18.2 Å². The molecule has 0 fully saturated rings. The number of nitrogens with zero attached hydrogens (tertiary/aromatic N) is 1. The Hall–Kier alpha value is -3.63. The molecule has 0 spiro atoms. The van der Waals surface area contributed by atoms with Gasteiger partial charge in [-0.25, -0.2) is 31.7 Å². The standard InChI is InChI=1S/C24H20F2N2O5S/c1-14-18-9-8-17(32-23-20(25)7-4-10-28-23)12-21(18)33-24(29)19(14)11-15-5-3-6-16(22(15)26)13-34(30,31)27-2/h3-10,12,27H,11,13H2,1-2H3. The highest BCUT2D eigenvalue weighted by Crippen LogP contribution is 2.29. The topological polar surface area (TPSA) is 98.5 Å². The number of benzene rings is 2. The van der Waals surface area contributed by atoms with Crippen LogP contribution in [0.2, 0.25) is 0 Å². The number of sulfonamides is 1. The molecular weight excluding hydrogens is 466 g/mol. The van der Waals surface area contributed by atoms with E-state index < -0.39 is 33.0 Å². The highest BCUT2D eigenvalue weighted by molar-refractivity contribution is 7.88. The normalized spacial score (nSPS) is 11.6. The Kier molecular flexibility index (Phi) is 6.45. The fourth-order valence-electron chi connectivity index (χ4n) is 3.55. The molecule has 0 aliphatic heterocycles. The number of pyridine rings is 1. The number of hydrogen-bond acceptors (Lipinski definition) is 6. The van der Waals surface area contributed by atoms with Gasteiger partial charge < -0.3 is 9.15 Å². The maximum atomic E-state index is 15.0. The van der Waals surface area contributed by atoms with Crippen molar-refractivity contribution >= 4 is 21.0 Å². The second kappa shape index (κ2) is 9.32. The van der Waals surface area contributed by atoms with E-state index in [1.165, 1.54) is 49.6 Å². The number of rotatable bonds is 7. The molecule has 0 bridgehead atoms. The summed E-state index contributed by atoms with van der Waals surface area (Å²) in [6.45, 7) is 1.71. The summed E-state index contributed by atoms with van der Waals surface area (Å²) in [5.74, 6) is -1.84. The summed E-state index contributed by atoms with van der Waals surface area (Å²) in [6, 6.07) is 11.7. The minimum Gasteiger partial charge on any atom is -0.436 e. The molecular formula is C24H20F2N2O5S. The van der Waals surface area contributed by atoms with Crippen LogP contribution in [0.25, 0.3) is 11.0 Å². The summed E-state index contributed by atoms with van der Waals surface area (Å²) in [7, 11) is -2.42. The Morgan fingerprint density at radius 3 is 2.59 bits per heavy atom. The van der Waals surface area contributed by atoms with Gasteiger partial charge in [0.05, 0.1) is 5.75 Å². The van der Waals surface area contributed by atoms with Gasteiger partial charge >= 0.3 is 5.63 Å². The molecule has 0 aliphatic carbocycles. The number of aromatic nitrogens is 1. The third-order valence-electron chi connectivity index (χ3n) is 5.38. The summed E-state index contributed by atoms with van der Waals surface area (Å²) < 4.78 is 65.5. The van der Waals surface area contributed by atoms with E-state index in [1.807, 2.05) is 0 Å². The van der Waals surface area contributed by atoms with Crippen LogP contribution >= 0.6 is 0 Å². The van der Waals surface area contributed by atoms with Crippen molar-refractivity contribution < 1.29 is 26.4 Å². The highest BCUT2D eigenvalue weighted by atomic mass is 32.2. The Morgan fingerprint density at radius 2 is 1.85 bits per heavy atom. The molecule has 0 aliphatic rings. The van der Waals surface area contributed by atoms with Crippen LogP contribution in [0.4, 0.5) is 8.78 Å². The zero-order valence-corrected chi connectivity index (χ0v) is 19.1. The van der Waals surface area contributed by atoms with E-state index in [-0.39, 0.29) is 40.3 Å².